The van der Waals surface area contributed by atoms with Gasteiger partial charge >= 0.3 is 5.97 Å². The van der Waals surface area contributed by atoms with Crippen LogP contribution in [0.1, 0.15) is 43.4 Å². The van der Waals surface area contributed by atoms with Gasteiger partial charge in [0.2, 0.25) is 0 Å². The van der Waals surface area contributed by atoms with E-state index in [0.29, 0.717) is 25.0 Å². The second-order valence-electron chi connectivity index (χ2n) is 7.13. The molecule has 0 amide bonds. The first-order valence-corrected chi connectivity index (χ1v) is 9.33. The number of methoxy groups -OCH3 is 1. The molecule has 0 radical (unpaired) electrons. The number of pyridine rings is 1. The molecule has 0 bridgehead atoms. The summed E-state index contributed by atoms with van der Waals surface area (Å²) in [7, 11) is 1.35. The van der Waals surface area contributed by atoms with Gasteiger partial charge in [0, 0.05) is 18.8 Å². The Balaban J connectivity index is 1.31. The number of anilines is 1. The van der Waals surface area contributed by atoms with Gasteiger partial charge in [0.15, 0.2) is 0 Å². The van der Waals surface area contributed by atoms with Crippen molar-refractivity contribution in [3.63, 3.8) is 0 Å². The Morgan fingerprint density at radius 2 is 2.28 bits per heavy atom. The van der Waals surface area contributed by atoms with E-state index in [-0.39, 0.29) is 5.97 Å². The predicted molar refractivity (Wildman–Crippen MR) is 96.4 cm³/mol. The van der Waals surface area contributed by atoms with Crippen molar-refractivity contribution < 1.29 is 14.3 Å². The van der Waals surface area contributed by atoms with Crippen LogP contribution in [0.3, 0.4) is 0 Å². The zero-order valence-electron chi connectivity index (χ0n) is 15.0. The number of carbonyl (C=O) groups is 1. The number of aryl methyl sites for hydroxylation is 2. The van der Waals surface area contributed by atoms with Gasteiger partial charge in [0.1, 0.15) is 11.9 Å². The first-order valence-electron chi connectivity index (χ1n) is 9.33. The highest BCUT2D eigenvalue weighted by Crippen LogP contribution is 2.34. The summed E-state index contributed by atoms with van der Waals surface area (Å²) in [6.45, 7) is 1.55. The molecule has 0 aromatic carbocycles. The third kappa shape index (κ3) is 4.92. The van der Waals surface area contributed by atoms with Crippen LogP contribution in [0.5, 0.6) is 0 Å². The molecule has 1 aliphatic heterocycles. The summed E-state index contributed by atoms with van der Waals surface area (Å²) in [5, 5.41) is 3.40. The van der Waals surface area contributed by atoms with Crippen molar-refractivity contribution in [2.75, 3.05) is 25.6 Å². The molecule has 1 saturated carbocycles. The molecule has 1 aromatic heterocycles. The first-order chi connectivity index (χ1) is 12.2. The molecule has 0 unspecified atom stereocenters. The van der Waals surface area contributed by atoms with Crippen LogP contribution in [-0.2, 0) is 27.1 Å². The standard InChI is InChI=1S/C19H29N3O3/c1-24-19(23)17(20)8-10-25-16-11-13(12-16)4-6-15-7-5-14-3-2-9-21-18(14)22-15/h5,7,13,16-17H,2-4,6,8-12,20H2,1H3,(H,21,22)/t13?,16?,17-/m0/s1. The van der Waals surface area contributed by atoms with Gasteiger partial charge in [-0.2, -0.15) is 0 Å². The summed E-state index contributed by atoms with van der Waals surface area (Å²) in [5.41, 5.74) is 8.22. The quantitative estimate of drug-likeness (QED) is 0.700. The van der Waals surface area contributed by atoms with Crippen LogP contribution < -0.4 is 11.1 Å². The van der Waals surface area contributed by atoms with Gasteiger partial charge in [-0.05, 0) is 62.5 Å². The number of fused-ring (bicyclic) bond motifs is 1. The third-order valence-electron chi connectivity index (χ3n) is 5.24. The van der Waals surface area contributed by atoms with Crippen molar-refractivity contribution >= 4 is 11.8 Å². The molecule has 0 spiro atoms. The molecule has 1 aliphatic carbocycles. The van der Waals surface area contributed by atoms with E-state index in [4.69, 9.17) is 15.5 Å². The van der Waals surface area contributed by atoms with Crippen molar-refractivity contribution in [3.8, 4) is 0 Å². The second kappa shape index (κ2) is 8.63. The Hall–Kier alpha value is -1.66. The Labute approximate surface area is 149 Å². The number of rotatable bonds is 8. The van der Waals surface area contributed by atoms with E-state index in [9.17, 15) is 4.79 Å². The van der Waals surface area contributed by atoms with Crippen molar-refractivity contribution in [1.29, 1.82) is 0 Å². The maximum Gasteiger partial charge on any atom is 0.322 e. The van der Waals surface area contributed by atoms with Gasteiger partial charge in [-0.1, -0.05) is 6.07 Å². The molecule has 0 saturated heterocycles. The third-order valence-corrected chi connectivity index (χ3v) is 5.24. The number of ether oxygens (including phenoxy) is 2. The summed E-state index contributed by atoms with van der Waals surface area (Å²) >= 11 is 0. The van der Waals surface area contributed by atoms with E-state index in [1.165, 1.54) is 24.8 Å². The smallest absolute Gasteiger partial charge is 0.322 e. The highest BCUT2D eigenvalue weighted by atomic mass is 16.5. The summed E-state index contributed by atoms with van der Waals surface area (Å²) in [4.78, 5) is 16.0. The number of carbonyl (C=O) groups excluding carboxylic acids is 1. The van der Waals surface area contributed by atoms with E-state index >= 15 is 0 Å². The normalized spacial score (nSPS) is 23.1. The van der Waals surface area contributed by atoms with E-state index in [0.717, 1.165) is 44.5 Å². The molecular formula is C19H29N3O3. The van der Waals surface area contributed by atoms with Crippen LogP contribution in [0.2, 0.25) is 0 Å². The Morgan fingerprint density at radius 1 is 1.44 bits per heavy atom. The maximum absolute atomic E-state index is 11.2. The molecule has 6 nitrogen and oxygen atoms in total. The molecule has 25 heavy (non-hydrogen) atoms. The fourth-order valence-corrected chi connectivity index (χ4v) is 3.54. The average Bonchev–Trinajstić information content (AvgIpc) is 2.61. The Bertz CT molecular complexity index is 587. The molecule has 3 N–H and O–H groups in total. The number of nitrogens with two attached hydrogens (primary N) is 1. The molecule has 138 valence electrons. The van der Waals surface area contributed by atoms with Crippen LogP contribution in [-0.4, -0.2) is 43.4 Å². The van der Waals surface area contributed by atoms with E-state index in [1.807, 2.05) is 0 Å². The molecular weight excluding hydrogens is 318 g/mol. The molecule has 6 heteroatoms. The minimum absolute atomic E-state index is 0.313. The van der Waals surface area contributed by atoms with Crippen LogP contribution in [0.15, 0.2) is 12.1 Å². The van der Waals surface area contributed by atoms with Crippen molar-refractivity contribution in [2.24, 2.45) is 11.7 Å². The number of nitrogens with one attached hydrogen (secondary N) is 1. The van der Waals surface area contributed by atoms with Gasteiger partial charge in [-0.15, -0.1) is 0 Å². The summed E-state index contributed by atoms with van der Waals surface area (Å²) in [6.07, 6.45) is 7.53. The van der Waals surface area contributed by atoms with Crippen molar-refractivity contribution in [1.82, 2.24) is 4.98 Å². The second-order valence-corrected chi connectivity index (χ2v) is 7.13. The number of esters is 1. The summed E-state index contributed by atoms with van der Waals surface area (Å²) in [6, 6.07) is 3.82. The monoisotopic (exact) mass is 347 g/mol. The van der Waals surface area contributed by atoms with Gasteiger partial charge in [-0.25, -0.2) is 4.98 Å². The Morgan fingerprint density at radius 3 is 3.08 bits per heavy atom. The number of nitrogens with zero attached hydrogens (tertiary/aromatic N) is 1. The lowest BCUT2D eigenvalue weighted by Crippen LogP contribution is -2.36. The molecule has 2 aliphatic rings. The molecule has 3 rings (SSSR count). The molecule has 1 atom stereocenters. The zero-order valence-corrected chi connectivity index (χ0v) is 15.0. The lowest BCUT2D eigenvalue weighted by atomic mass is 9.79. The van der Waals surface area contributed by atoms with Gasteiger partial charge in [0.05, 0.1) is 13.2 Å². The molecule has 1 aromatic rings. The lowest BCUT2D eigenvalue weighted by molar-refractivity contribution is -0.143. The highest BCUT2D eigenvalue weighted by Gasteiger charge is 2.29. The van der Waals surface area contributed by atoms with E-state index in [2.05, 4.69) is 22.2 Å². The number of aromatic nitrogens is 1. The van der Waals surface area contributed by atoms with Crippen LogP contribution in [0.4, 0.5) is 5.82 Å². The van der Waals surface area contributed by atoms with Crippen LogP contribution >= 0.6 is 0 Å². The van der Waals surface area contributed by atoms with E-state index < -0.39 is 6.04 Å². The van der Waals surface area contributed by atoms with Crippen LogP contribution in [0.25, 0.3) is 0 Å². The zero-order chi connectivity index (χ0) is 17.6. The topological polar surface area (TPSA) is 86.5 Å². The predicted octanol–water partition coefficient (Wildman–Crippen LogP) is 2.06. The van der Waals surface area contributed by atoms with Gasteiger partial charge in [-0.3, -0.25) is 4.79 Å². The minimum Gasteiger partial charge on any atom is -0.468 e. The number of hydrogen-bond donors (Lipinski definition) is 2. The van der Waals surface area contributed by atoms with Gasteiger partial charge in [0.25, 0.3) is 0 Å². The Kier molecular flexibility index (Phi) is 6.26. The van der Waals surface area contributed by atoms with Crippen molar-refractivity contribution in [2.45, 2.75) is 57.1 Å². The lowest BCUT2D eigenvalue weighted by Gasteiger charge is -2.35. The largest absolute Gasteiger partial charge is 0.468 e. The fraction of sp³-hybridized carbons (Fsp3) is 0.684. The van der Waals surface area contributed by atoms with Crippen LogP contribution in [0, 0.1) is 5.92 Å². The fourth-order valence-electron chi connectivity index (χ4n) is 3.54. The molecule has 2 heterocycles. The minimum atomic E-state index is -0.579. The summed E-state index contributed by atoms with van der Waals surface area (Å²) in [5.74, 6) is 1.42. The SMILES string of the molecule is COC(=O)[C@@H](N)CCOC1CC(CCc2ccc3c(n2)NCCC3)C1. The highest BCUT2D eigenvalue weighted by molar-refractivity contribution is 5.75. The average molecular weight is 347 g/mol. The van der Waals surface area contributed by atoms with Crippen molar-refractivity contribution in [3.05, 3.63) is 23.4 Å². The first kappa shape index (κ1) is 18.1. The summed E-state index contributed by atoms with van der Waals surface area (Å²) < 4.78 is 10.4. The van der Waals surface area contributed by atoms with Gasteiger partial charge < -0.3 is 20.5 Å². The molecule has 1 fully saturated rings. The number of hydrogen-bond acceptors (Lipinski definition) is 6. The maximum atomic E-state index is 11.2. The van der Waals surface area contributed by atoms with E-state index in [1.54, 1.807) is 0 Å².